The molecule has 0 atom stereocenters. The molecule has 1 aromatic heterocycles. The van der Waals surface area contributed by atoms with Crippen LogP contribution in [0.2, 0.25) is 10.0 Å². The van der Waals surface area contributed by atoms with Crippen LogP contribution in [0.1, 0.15) is 6.42 Å². The molecule has 1 aromatic carbocycles. The summed E-state index contributed by atoms with van der Waals surface area (Å²) in [5.41, 5.74) is 7.50. The molecule has 0 radical (unpaired) electrons. The third kappa shape index (κ3) is 3.62. The number of hydrogen-bond acceptors (Lipinski definition) is 2. The lowest BCUT2D eigenvalue weighted by Gasteiger charge is -2.00. The van der Waals surface area contributed by atoms with Crippen LogP contribution in [-0.2, 0) is 6.54 Å². The zero-order chi connectivity index (χ0) is 12.3. The summed E-state index contributed by atoms with van der Waals surface area (Å²) in [6.45, 7) is 1.50. The van der Waals surface area contributed by atoms with Crippen molar-refractivity contribution in [3.8, 4) is 11.1 Å². The zero-order valence-electron chi connectivity index (χ0n) is 9.64. The molecule has 3 nitrogen and oxygen atoms in total. The van der Waals surface area contributed by atoms with Gasteiger partial charge in [0, 0.05) is 18.3 Å². The molecule has 98 valence electrons. The molecule has 0 saturated carbocycles. The van der Waals surface area contributed by atoms with Crippen molar-refractivity contribution in [1.82, 2.24) is 9.78 Å². The summed E-state index contributed by atoms with van der Waals surface area (Å²) in [4.78, 5) is 0. The summed E-state index contributed by atoms with van der Waals surface area (Å²) in [7, 11) is 0. The minimum absolute atomic E-state index is 0. The molecule has 0 aliphatic rings. The smallest absolute Gasteiger partial charge is 0.0598 e. The van der Waals surface area contributed by atoms with Gasteiger partial charge in [-0.2, -0.15) is 5.10 Å². The van der Waals surface area contributed by atoms with Crippen molar-refractivity contribution in [3.05, 3.63) is 40.6 Å². The maximum absolute atomic E-state index is 5.98. The van der Waals surface area contributed by atoms with Crippen molar-refractivity contribution in [2.75, 3.05) is 6.54 Å². The van der Waals surface area contributed by atoms with Crippen LogP contribution in [0.15, 0.2) is 30.6 Å². The van der Waals surface area contributed by atoms with Crippen LogP contribution < -0.4 is 5.73 Å². The van der Waals surface area contributed by atoms with Crippen LogP contribution in [0.3, 0.4) is 0 Å². The Bertz CT molecular complexity index is 511. The molecule has 0 unspecified atom stereocenters. The first-order chi connectivity index (χ1) is 8.20. The quantitative estimate of drug-likeness (QED) is 0.937. The van der Waals surface area contributed by atoms with E-state index in [0.717, 1.165) is 24.1 Å². The normalized spacial score (nSPS) is 10.2. The summed E-state index contributed by atoms with van der Waals surface area (Å²) in [6, 6.07) is 5.56. The molecule has 0 spiro atoms. The Morgan fingerprint density at radius 1 is 1.17 bits per heavy atom. The van der Waals surface area contributed by atoms with Crippen molar-refractivity contribution in [2.24, 2.45) is 5.73 Å². The number of benzene rings is 1. The van der Waals surface area contributed by atoms with Gasteiger partial charge in [-0.05, 0) is 30.7 Å². The first kappa shape index (κ1) is 15.3. The Labute approximate surface area is 122 Å². The van der Waals surface area contributed by atoms with Gasteiger partial charge in [0.15, 0.2) is 0 Å². The minimum Gasteiger partial charge on any atom is -0.330 e. The Balaban J connectivity index is 0.00000162. The third-order valence-corrected chi connectivity index (χ3v) is 3.22. The zero-order valence-corrected chi connectivity index (χ0v) is 12.0. The average Bonchev–Trinajstić information content (AvgIpc) is 2.79. The predicted octanol–water partition coefficient (Wildman–Crippen LogP) is 3.63. The monoisotopic (exact) mass is 305 g/mol. The van der Waals surface area contributed by atoms with Gasteiger partial charge in [0.1, 0.15) is 0 Å². The Morgan fingerprint density at radius 2 is 1.94 bits per heavy atom. The van der Waals surface area contributed by atoms with E-state index < -0.39 is 0 Å². The lowest BCUT2D eigenvalue weighted by Crippen LogP contribution is -2.05. The van der Waals surface area contributed by atoms with Gasteiger partial charge < -0.3 is 5.73 Å². The minimum atomic E-state index is 0. The average molecular weight is 307 g/mol. The number of aryl methyl sites for hydroxylation is 1. The second-order valence-corrected chi connectivity index (χ2v) is 4.58. The molecule has 2 rings (SSSR count). The van der Waals surface area contributed by atoms with Gasteiger partial charge in [0.25, 0.3) is 0 Å². The van der Waals surface area contributed by atoms with Gasteiger partial charge >= 0.3 is 0 Å². The molecule has 2 aromatic rings. The fraction of sp³-hybridized carbons (Fsp3) is 0.250. The number of nitrogens with zero attached hydrogens (tertiary/aromatic N) is 2. The Kier molecular flexibility index (Phi) is 5.96. The van der Waals surface area contributed by atoms with Crippen molar-refractivity contribution in [3.63, 3.8) is 0 Å². The van der Waals surface area contributed by atoms with Crippen molar-refractivity contribution < 1.29 is 0 Å². The summed E-state index contributed by atoms with van der Waals surface area (Å²) in [6.07, 6.45) is 4.72. The molecule has 0 aliphatic carbocycles. The molecular formula is C12H14Cl3N3. The standard InChI is InChI=1S/C12H13Cl2N3.ClH/c13-11-3-2-9(6-12(11)14)10-7-16-17(8-10)5-1-4-15;/h2-3,6-8H,1,4-5,15H2;1H. The fourth-order valence-electron chi connectivity index (χ4n) is 1.56. The topological polar surface area (TPSA) is 43.8 Å². The SMILES string of the molecule is Cl.NCCCn1cc(-c2ccc(Cl)c(Cl)c2)cn1. The van der Waals surface area contributed by atoms with Crippen molar-refractivity contribution in [1.29, 1.82) is 0 Å². The predicted molar refractivity (Wildman–Crippen MR) is 78.6 cm³/mol. The number of aromatic nitrogens is 2. The lowest BCUT2D eigenvalue weighted by atomic mass is 10.1. The molecule has 1 heterocycles. The third-order valence-electron chi connectivity index (χ3n) is 2.48. The molecule has 0 bridgehead atoms. The van der Waals surface area contributed by atoms with Crippen molar-refractivity contribution >= 4 is 35.6 Å². The molecule has 0 fully saturated rings. The molecule has 0 amide bonds. The molecule has 2 N–H and O–H groups in total. The maximum Gasteiger partial charge on any atom is 0.0598 e. The number of rotatable bonds is 4. The summed E-state index contributed by atoms with van der Waals surface area (Å²) in [5, 5.41) is 5.38. The largest absolute Gasteiger partial charge is 0.330 e. The van der Waals surface area contributed by atoms with Gasteiger partial charge in [-0.3, -0.25) is 4.68 Å². The van der Waals surface area contributed by atoms with Crippen LogP contribution in [-0.4, -0.2) is 16.3 Å². The molecule has 18 heavy (non-hydrogen) atoms. The van der Waals surface area contributed by atoms with Crippen LogP contribution >= 0.6 is 35.6 Å². The number of halogens is 3. The highest BCUT2D eigenvalue weighted by atomic mass is 35.5. The Hall–Kier alpha value is -0.740. The molecular weight excluding hydrogens is 293 g/mol. The highest BCUT2D eigenvalue weighted by Gasteiger charge is 2.04. The van der Waals surface area contributed by atoms with E-state index in [9.17, 15) is 0 Å². The van der Waals surface area contributed by atoms with Crippen LogP contribution in [0.5, 0.6) is 0 Å². The second kappa shape index (κ2) is 7.00. The van der Waals surface area contributed by atoms with E-state index in [1.807, 2.05) is 29.2 Å². The number of hydrogen-bond donors (Lipinski definition) is 1. The fourth-order valence-corrected chi connectivity index (χ4v) is 1.86. The second-order valence-electron chi connectivity index (χ2n) is 3.76. The molecule has 0 saturated heterocycles. The van der Waals surface area contributed by atoms with Crippen molar-refractivity contribution in [2.45, 2.75) is 13.0 Å². The van der Waals surface area contributed by atoms with Gasteiger partial charge in [-0.1, -0.05) is 29.3 Å². The first-order valence-corrected chi connectivity index (χ1v) is 6.14. The van der Waals surface area contributed by atoms with Crippen LogP contribution in [0.25, 0.3) is 11.1 Å². The van der Waals surface area contributed by atoms with E-state index in [0.29, 0.717) is 16.6 Å². The van der Waals surface area contributed by atoms with Gasteiger partial charge in [-0.25, -0.2) is 0 Å². The highest BCUT2D eigenvalue weighted by molar-refractivity contribution is 6.42. The lowest BCUT2D eigenvalue weighted by molar-refractivity contribution is 0.585. The highest BCUT2D eigenvalue weighted by Crippen LogP contribution is 2.28. The number of nitrogens with two attached hydrogens (primary N) is 1. The van der Waals surface area contributed by atoms with Gasteiger partial charge in [0.05, 0.1) is 16.2 Å². The first-order valence-electron chi connectivity index (χ1n) is 5.38. The van der Waals surface area contributed by atoms with Gasteiger partial charge in [-0.15, -0.1) is 12.4 Å². The van der Waals surface area contributed by atoms with E-state index in [1.165, 1.54) is 0 Å². The molecule has 0 aliphatic heterocycles. The van der Waals surface area contributed by atoms with E-state index in [1.54, 1.807) is 6.07 Å². The van der Waals surface area contributed by atoms with Gasteiger partial charge in [0.2, 0.25) is 0 Å². The maximum atomic E-state index is 5.98. The van der Waals surface area contributed by atoms with E-state index in [-0.39, 0.29) is 12.4 Å². The van der Waals surface area contributed by atoms with Crippen LogP contribution in [0.4, 0.5) is 0 Å². The van der Waals surface area contributed by atoms with E-state index in [2.05, 4.69) is 5.10 Å². The Morgan fingerprint density at radius 3 is 2.61 bits per heavy atom. The summed E-state index contributed by atoms with van der Waals surface area (Å²) < 4.78 is 1.88. The van der Waals surface area contributed by atoms with Crippen LogP contribution in [0, 0.1) is 0 Å². The van der Waals surface area contributed by atoms with E-state index >= 15 is 0 Å². The van der Waals surface area contributed by atoms with E-state index in [4.69, 9.17) is 28.9 Å². The summed E-state index contributed by atoms with van der Waals surface area (Å²) in [5.74, 6) is 0. The summed E-state index contributed by atoms with van der Waals surface area (Å²) >= 11 is 11.9. The molecule has 6 heteroatoms.